The Kier molecular flexibility index (Phi) is 8.67. The number of hydrogen-bond acceptors (Lipinski definition) is 3. The molecule has 0 radical (unpaired) electrons. The van der Waals surface area contributed by atoms with Gasteiger partial charge in [0.15, 0.2) is 0 Å². The van der Waals surface area contributed by atoms with Crippen molar-refractivity contribution in [1.82, 2.24) is 4.90 Å². The number of aliphatic hydroxyl groups excluding tert-OH is 1. The van der Waals surface area contributed by atoms with E-state index < -0.39 is 0 Å². The van der Waals surface area contributed by atoms with Crippen LogP contribution in [0.3, 0.4) is 0 Å². The molecule has 1 aliphatic rings. The molecule has 0 aromatic heterocycles. The lowest BCUT2D eigenvalue weighted by Crippen LogP contribution is -2.32. The van der Waals surface area contributed by atoms with Gasteiger partial charge in [0.05, 0.1) is 19.3 Å². The fraction of sp³-hybridized carbons (Fsp3) is 1.00. The summed E-state index contributed by atoms with van der Waals surface area (Å²) in [5.74, 6) is 0. The highest BCUT2D eigenvalue weighted by Gasteiger charge is 2.12. The van der Waals surface area contributed by atoms with Crippen LogP contribution in [0, 0.1) is 0 Å². The Hall–Kier alpha value is -0.120. The molecule has 0 aromatic carbocycles. The van der Waals surface area contributed by atoms with Crippen LogP contribution in [0.4, 0.5) is 0 Å². The Labute approximate surface area is 106 Å². The van der Waals surface area contributed by atoms with Gasteiger partial charge in [-0.3, -0.25) is 4.90 Å². The first-order chi connectivity index (χ1) is 8.36. The van der Waals surface area contributed by atoms with Gasteiger partial charge in [0, 0.05) is 13.1 Å². The van der Waals surface area contributed by atoms with Crippen LogP contribution >= 0.6 is 0 Å². The van der Waals surface area contributed by atoms with Crippen LogP contribution in [0.15, 0.2) is 0 Å². The second-order valence-electron chi connectivity index (χ2n) is 5.05. The topological polar surface area (TPSA) is 32.7 Å². The smallest absolute Gasteiger partial charge is 0.0597 e. The van der Waals surface area contributed by atoms with Crippen molar-refractivity contribution in [1.29, 1.82) is 0 Å². The molecule has 0 saturated heterocycles. The van der Waals surface area contributed by atoms with E-state index in [0.717, 1.165) is 32.7 Å². The minimum atomic E-state index is 0.253. The van der Waals surface area contributed by atoms with Crippen LogP contribution in [0.25, 0.3) is 0 Å². The average Bonchev–Trinajstić information content (AvgIpc) is 2.58. The minimum Gasteiger partial charge on any atom is -0.395 e. The van der Waals surface area contributed by atoms with E-state index in [-0.39, 0.29) is 6.61 Å². The molecule has 0 aliphatic heterocycles. The Morgan fingerprint density at radius 1 is 1.06 bits per heavy atom. The standard InChI is InChI=1S/C14H29NO2/c1-2-9-15(10-12-16)11-13-17-14-7-5-3-4-6-8-14/h14,16H,2-13H2,1H3. The highest BCUT2D eigenvalue weighted by Crippen LogP contribution is 2.19. The molecular formula is C14H29NO2. The molecule has 1 saturated carbocycles. The second kappa shape index (κ2) is 9.86. The van der Waals surface area contributed by atoms with Gasteiger partial charge in [-0.05, 0) is 25.8 Å². The van der Waals surface area contributed by atoms with Crippen molar-refractivity contribution in [2.45, 2.75) is 58.0 Å². The summed E-state index contributed by atoms with van der Waals surface area (Å²) in [6.45, 7) is 6.06. The van der Waals surface area contributed by atoms with Crippen molar-refractivity contribution in [2.75, 3.05) is 32.8 Å². The van der Waals surface area contributed by atoms with Gasteiger partial charge in [0.25, 0.3) is 0 Å². The zero-order valence-corrected chi connectivity index (χ0v) is 11.4. The predicted molar refractivity (Wildman–Crippen MR) is 71.3 cm³/mol. The lowest BCUT2D eigenvalue weighted by molar-refractivity contribution is 0.0266. The average molecular weight is 243 g/mol. The maximum absolute atomic E-state index is 8.97. The molecular weight excluding hydrogens is 214 g/mol. The van der Waals surface area contributed by atoms with Gasteiger partial charge in [-0.25, -0.2) is 0 Å². The van der Waals surface area contributed by atoms with E-state index >= 15 is 0 Å². The normalized spacial score (nSPS) is 18.5. The maximum atomic E-state index is 8.97. The minimum absolute atomic E-state index is 0.253. The lowest BCUT2D eigenvalue weighted by atomic mass is 10.1. The molecule has 0 spiro atoms. The molecule has 0 aromatic rings. The van der Waals surface area contributed by atoms with Crippen molar-refractivity contribution in [3.63, 3.8) is 0 Å². The third-order valence-electron chi connectivity index (χ3n) is 3.52. The van der Waals surface area contributed by atoms with Crippen molar-refractivity contribution < 1.29 is 9.84 Å². The summed E-state index contributed by atoms with van der Waals surface area (Å²) < 4.78 is 5.96. The Balaban J connectivity index is 2.10. The fourth-order valence-corrected chi connectivity index (χ4v) is 2.55. The van der Waals surface area contributed by atoms with Gasteiger partial charge in [0.1, 0.15) is 0 Å². The van der Waals surface area contributed by atoms with E-state index in [1.165, 1.54) is 38.5 Å². The SMILES string of the molecule is CCCN(CCO)CCOC1CCCCCC1. The van der Waals surface area contributed by atoms with Crippen LogP contribution in [0.5, 0.6) is 0 Å². The Morgan fingerprint density at radius 2 is 1.76 bits per heavy atom. The summed E-state index contributed by atoms with van der Waals surface area (Å²) in [4.78, 5) is 2.29. The fourth-order valence-electron chi connectivity index (χ4n) is 2.55. The number of aliphatic hydroxyl groups is 1. The van der Waals surface area contributed by atoms with Gasteiger partial charge >= 0.3 is 0 Å². The Morgan fingerprint density at radius 3 is 2.35 bits per heavy atom. The number of rotatable bonds is 8. The zero-order chi connectivity index (χ0) is 12.3. The highest BCUT2D eigenvalue weighted by atomic mass is 16.5. The summed E-state index contributed by atoms with van der Waals surface area (Å²) in [6.07, 6.45) is 9.55. The van der Waals surface area contributed by atoms with E-state index in [9.17, 15) is 0 Å². The zero-order valence-electron chi connectivity index (χ0n) is 11.4. The molecule has 1 aliphatic carbocycles. The van der Waals surface area contributed by atoms with E-state index in [1.54, 1.807) is 0 Å². The van der Waals surface area contributed by atoms with E-state index in [2.05, 4.69) is 11.8 Å². The highest BCUT2D eigenvalue weighted by molar-refractivity contribution is 4.64. The lowest BCUT2D eigenvalue weighted by Gasteiger charge is -2.22. The van der Waals surface area contributed by atoms with Gasteiger partial charge in [-0.15, -0.1) is 0 Å². The molecule has 0 bridgehead atoms. The first-order valence-corrected chi connectivity index (χ1v) is 7.31. The van der Waals surface area contributed by atoms with Crippen molar-refractivity contribution >= 4 is 0 Å². The second-order valence-corrected chi connectivity index (χ2v) is 5.05. The van der Waals surface area contributed by atoms with Crippen LogP contribution in [0.2, 0.25) is 0 Å². The third kappa shape index (κ3) is 7.02. The molecule has 17 heavy (non-hydrogen) atoms. The van der Waals surface area contributed by atoms with Gasteiger partial charge in [-0.2, -0.15) is 0 Å². The molecule has 0 atom stereocenters. The van der Waals surface area contributed by atoms with Gasteiger partial charge in [0.2, 0.25) is 0 Å². The quantitative estimate of drug-likeness (QED) is 0.665. The van der Waals surface area contributed by atoms with Crippen LogP contribution < -0.4 is 0 Å². The number of ether oxygens (including phenoxy) is 1. The van der Waals surface area contributed by atoms with Gasteiger partial charge < -0.3 is 9.84 Å². The summed E-state index contributed by atoms with van der Waals surface area (Å²) in [6, 6.07) is 0. The first-order valence-electron chi connectivity index (χ1n) is 7.31. The molecule has 3 nitrogen and oxygen atoms in total. The molecule has 1 rings (SSSR count). The van der Waals surface area contributed by atoms with Crippen molar-refractivity contribution in [2.24, 2.45) is 0 Å². The van der Waals surface area contributed by atoms with E-state index in [1.807, 2.05) is 0 Å². The van der Waals surface area contributed by atoms with Crippen LogP contribution in [0.1, 0.15) is 51.9 Å². The van der Waals surface area contributed by atoms with Crippen molar-refractivity contribution in [3.8, 4) is 0 Å². The molecule has 0 amide bonds. The number of hydrogen-bond donors (Lipinski definition) is 1. The number of nitrogens with zero attached hydrogens (tertiary/aromatic N) is 1. The molecule has 1 fully saturated rings. The largest absolute Gasteiger partial charge is 0.395 e. The monoisotopic (exact) mass is 243 g/mol. The van der Waals surface area contributed by atoms with Crippen molar-refractivity contribution in [3.05, 3.63) is 0 Å². The maximum Gasteiger partial charge on any atom is 0.0597 e. The van der Waals surface area contributed by atoms with E-state index in [0.29, 0.717) is 6.10 Å². The first kappa shape index (κ1) is 14.9. The van der Waals surface area contributed by atoms with Crippen LogP contribution in [-0.4, -0.2) is 49.0 Å². The third-order valence-corrected chi connectivity index (χ3v) is 3.52. The van der Waals surface area contributed by atoms with Crippen LogP contribution in [-0.2, 0) is 4.74 Å². The summed E-state index contributed by atoms with van der Waals surface area (Å²) in [5.41, 5.74) is 0. The van der Waals surface area contributed by atoms with Gasteiger partial charge in [-0.1, -0.05) is 32.6 Å². The molecule has 102 valence electrons. The molecule has 3 heteroatoms. The summed E-state index contributed by atoms with van der Waals surface area (Å²) in [5, 5.41) is 8.97. The summed E-state index contributed by atoms with van der Waals surface area (Å²) in [7, 11) is 0. The molecule has 0 unspecified atom stereocenters. The predicted octanol–water partition coefficient (Wildman–Crippen LogP) is 2.43. The van der Waals surface area contributed by atoms with E-state index in [4.69, 9.17) is 9.84 Å². The molecule has 1 N–H and O–H groups in total. The Bertz CT molecular complexity index is 160. The summed E-state index contributed by atoms with van der Waals surface area (Å²) >= 11 is 0. The molecule has 0 heterocycles.